The maximum Gasteiger partial charge on any atom is 0.255 e. The first-order valence-corrected chi connectivity index (χ1v) is 11.9. The van der Waals surface area contributed by atoms with Gasteiger partial charge in [-0.2, -0.15) is 0 Å². The molecule has 4 nitrogen and oxygen atoms in total. The van der Waals surface area contributed by atoms with Crippen LogP contribution in [0.2, 0.25) is 0 Å². The highest BCUT2D eigenvalue weighted by atomic mass is 16.5. The van der Waals surface area contributed by atoms with Crippen molar-refractivity contribution >= 4 is 11.5 Å². The van der Waals surface area contributed by atoms with Gasteiger partial charge in [0.2, 0.25) is 0 Å². The van der Waals surface area contributed by atoms with Crippen LogP contribution in [0.25, 0.3) is 5.57 Å². The first-order chi connectivity index (χ1) is 15.6. The Labute approximate surface area is 192 Å². The third-order valence-corrected chi connectivity index (χ3v) is 6.70. The highest BCUT2D eigenvalue weighted by Crippen LogP contribution is 2.32. The van der Waals surface area contributed by atoms with Crippen molar-refractivity contribution in [1.82, 2.24) is 9.80 Å². The number of likely N-dealkylation sites (tertiary alicyclic amines) is 1. The summed E-state index contributed by atoms with van der Waals surface area (Å²) in [7, 11) is 1.71. The Morgan fingerprint density at radius 3 is 2.62 bits per heavy atom. The van der Waals surface area contributed by atoms with Gasteiger partial charge < -0.3 is 9.64 Å². The van der Waals surface area contributed by atoms with Crippen molar-refractivity contribution in [3.05, 3.63) is 83.3 Å². The molecule has 1 saturated heterocycles. The summed E-state index contributed by atoms with van der Waals surface area (Å²) in [5, 5.41) is 0. The molecule has 32 heavy (non-hydrogen) atoms. The molecule has 1 aromatic rings. The number of amides is 1. The van der Waals surface area contributed by atoms with E-state index in [2.05, 4.69) is 43.2 Å². The fraction of sp³-hybridized carbons (Fsp3) is 0.393. The van der Waals surface area contributed by atoms with Gasteiger partial charge in [0.15, 0.2) is 0 Å². The van der Waals surface area contributed by atoms with Crippen LogP contribution in [0.3, 0.4) is 0 Å². The molecule has 1 aromatic carbocycles. The molecule has 1 amide bonds. The minimum atomic E-state index is -0.00342. The van der Waals surface area contributed by atoms with Crippen LogP contribution in [0.15, 0.2) is 72.1 Å². The molecule has 168 valence electrons. The van der Waals surface area contributed by atoms with Crippen LogP contribution >= 0.6 is 0 Å². The van der Waals surface area contributed by atoms with E-state index in [0.717, 1.165) is 67.9 Å². The molecule has 0 spiro atoms. The fourth-order valence-electron chi connectivity index (χ4n) is 4.78. The van der Waals surface area contributed by atoms with Crippen molar-refractivity contribution in [3.8, 4) is 5.75 Å². The van der Waals surface area contributed by atoms with Crippen LogP contribution in [0, 0.1) is 5.92 Å². The molecule has 3 aliphatic heterocycles. The molecule has 4 heteroatoms. The van der Waals surface area contributed by atoms with Gasteiger partial charge in [-0.05, 0) is 91.4 Å². The minimum absolute atomic E-state index is 0.00342. The number of carbonyl (C=O) groups is 1. The number of carbonyl (C=O) groups excluding carboxylic acids is 1. The van der Waals surface area contributed by atoms with Crippen molar-refractivity contribution in [2.75, 3.05) is 26.7 Å². The van der Waals surface area contributed by atoms with Gasteiger partial charge in [0.25, 0.3) is 5.91 Å². The van der Waals surface area contributed by atoms with Crippen molar-refractivity contribution < 1.29 is 9.53 Å². The number of benzene rings is 1. The summed E-state index contributed by atoms with van der Waals surface area (Å²) >= 11 is 0. The number of allylic oxidation sites excluding steroid dienone is 7. The average Bonchev–Trinajstić information content (AvgIpc) is 2.82. The lowest BCUT2D eigenvalue weighted by atomic mass is 9.88. The fourth-order valence-corrected chi connectivity index (χ4v) is 4.78. The summed E-state index contributed by atoms with van der Waals surface area (Å²) in [6.45, 7) is 7.77. The number of hydrogen-bond acceptors (Lipinski definition) is 3. The van der Waals surface area contributed by atoms with E-state index in [-0.39, 0.29) is 5.91 Å². The Hall–Kier alpha value is -2.85. The first-order valence-electron chi connectivity index (χ1n) is 11.9. The number of nitrogens with zero attached hydrogens (tertiary/aromatic N) is 2. The van der Waals surface area contributed by atoms with Crippen molar-refractivity contribution in [1.29, 1.82) is 0 Å². The quantitative estimate of drug-likeness (QED) is 0.597. The van der Waals surface area contributed by atoms with Crippen molar-refractivity contribution in [2.45, 2.75) is 39.5 Å². The standard InChI is InChI=1S/C28H34N2O2/c1-4-7-24-18-23(11-13-27(24)32-3)22-8-6-9-26-12-10-25(20-30(26)28(31)19-22)21-14-16-29(5-2)17-15-21/h6,8-13,18-21H,4-5,7,14-17H2,1-3H3/b8-6+,22-19+,26-9+. The van der Waals surface area contributed by atoms with Gasteiger partial charge in [-0.3, -0.25) is 9.69 Å². The van der Waals surface area contributed by atoms with Crippen LogP contribution < -0.4 is 4.74 Å². The molecule has 1 fully saturated rings. The normalized spacial score (nSPS) is 23.9. The van der Waals surface area contributed by atoms with Crippen LogP contribution in [0.1, 0.15) is 44.2 Å². The molecular formula is C28H34N2O2. The third kappa shape index (κ3) is 4.81. The van der Waals surface area contributed by atoms with Gasteiger partial charge in [-0.1, -0.05) is 44.6 Å². The second kappa shape index (κ2) is 10.2. The number of hydrogen-bond donors (Lipinski definition) is 0. The maximum absolute atomic E-state index is 13.3. The molecule has 0 atom stereocenters. The molecular weight excluding hydrogens is 396 g/mol. The zero-order chi connectivity index (χ0) is 22.5. The monoisotopic (exact) mass is 430 g/mol. The molecule has 0 bridgehead atoms. The van der Waals surface area contributed by atoms with Crippen LogP contribution in [0.4, 0.5) is 0 Å². The average molecular weight is 431 g/mol. The Morgan fingerprint density at radius 1 is 1.09 bits per heavy atom. The summed E-state index contributed by atoms with van der Waals surface area (Å²) in [5.41, 5.74) is 5.32. The van der Waals surface area contributed by atoms with E-state index in [1.807, 2.05) is 35.3 Å². The Morgan fingerprint density at radius 2 is 1.91 bits per heavy atom. The summed E-state index contributed by atoms with van der Waals surface area (Å²) in [5.74, 6) is 1.42. The van der Waals surface area contributed by atoms with Crippen molar-refractivity contribution in [3.63, 3.8) is 0 Å². The van der Waals surface area contributed by atoms with Crippen molar-refractivity contribution in [2.24, 2.45) is 5.92 Å². The number of ether oxygens (including phenoxy) is 1. The van der Waals surface area contributed by atoms with Gasteiger partial charge in [0.05, 0.1) is 7.11 Å². The van der Waals surface area contributed by atoms with Gasteiger partial charge in [0, 0.05) is 18.0 Å². The number of piperidine rings is 1. The summed E-state index contributed by atoms with van der Waals surface area (Å²) in [6.07, 6.45) is 18.5. The van der Waals surface area contributed by atoms with E-state index in [9.17, 15) is 4.79 Å². The topological polar surface area (TPSA) is 32.8 Å². The van der Waals surface area contributed by atoms with E-state index in [1.54, 1.807) is 13.2 Å². The van der Waals surface area contributed by atoms with E-state index in [0.29, 0.717) is 5.92 Å². The van der Waals surface area contributed by atoms with Gasteiger partial charge >= 0.3 is 0 Å². The van der Waals surface area contributed by atoms with Gasteiger partial charge in [0.1, 0.15) is 5.75 Å². The molecule has 0 saturated carbocycles. The van der Waals surface area contributed by atoms with E-state index < -0.39 is 0 Å². The third-order valence-electron chi connectivity index (χ3n) is 6.70. The molecule has 3 heterocycles. The van der Waals surface area contributed by atoms with Crippen LogP contribution in [0.5, 0.6) is 5.75 Å². The molecule has 3 aliphatic rings. The largest absolute Gasteiger partial charge is 0.496 e. The van der Waals surface area contributed by atoms with Crippen LogP contribution in [-0.2, 0) is 11.2 Å². The predicted molar refractivity (Wildman–Crippen MR) is 131 cm³/mol. The number of methoxy groups -OCH3 is 1. The Balaban J connectivity index is 1.60. The lowest BCUT2D eigenvalue weighted by Gasteiger charge is -2.34. The SMILES string of the molecule is CCCc1cc(C2=C\C(=O)N3C=C(C4CCN(CC)CC4)C=C\C3=C/C=C/2)ccc1OC. The molecule has 0 aromatic heterocycles. The summed E-state index contributed by atoms with van der Waals surface area (Å²) in [6, 6.07) is 6.19. The van der Waals surface area contributed by atoms with E-state index >= 15 is 0 Å². The summed E-state index contributed by atoms with van der Waals surface area (Å²) in [4.78, 5) is 17.6. The van der Waals surface area contributed by atoms with Gasteiger partial charge in [-0.25, -0.2) is 0 Å². The predicted octanol–water partition coefficient (Wildman–Crippen LogP) is 5.50. The molecule has 0 N–H and O–H groups in total. The Kier molecular flexibility index (Phi) is 7.11. The second-order valence-corrected chi connectivity index (χ2v) is 8.71. The zero-order valence-corrected chi connectivity index (χ0v) is 19.5. The minimum Gasteiger partial charge on any atom is -0.496 e. The molecule has 0 radical (unpaired) electrons. The second-order valence-electron chi connectivity index (χ2n) is 8.71. The van der Waals surface area contributed by atoms with E-state index in [4.69, 9.17) is 4.74 Å². The molecule has 0 aliphatic carbocycles. The highest BCUT2D eigenvalue weighted by molar-refractivity contribution is 6.00. The highest BCUT2D eigenvalue weighted by Gasteiger charge is 2.25. The maximum atomic E-state index is 13.3. The molecule has 0 unspecified atom stereocenters. The zero-order valence-electron chi connectivity index (χ0n) is 19.5. The summed E-state index contributed by atoms with van der Waals surface area (Å²) < 4.78 is 5.52. The van der Waals surface area contributed by atoms with Gasteiger partial charge in [-0.15, -0.1) is 0 Å². The lowest BCUT2D eigenvalue weighted by molar-refractivity contribution is -0.122. The number of aryl methyl sites for hydroxylation is 1. The lowest BCUT2D eigenvalue weighted by Crippen LogP contribution is -2.35. The van der Waals surface area contributed by atoms with Crippen LogP contribution in [-0.4, -0.2) is 42.5 Å². The first kappa shape index (κ1) is 22.3. The smallest absolute Gasteiger partial charge is 0.255 e. The van der Waals surface area contributed by atoms with E-state index in [1.165, 1.54) is 11.1 Å². The molecule has 4 rings (SSSR count). The number of rotatable bonds is 6. The number of fused-ring (bicyclic) bond motifs is 1. The Bertz CT molecular complexity index is 1000.